The Morgan fingerprint density at radius 1 is 1.15 bits per heavy atom. The molecule has 1 heterocycles. The summed E-state index contributed by atoms with van der Waals surface area (Å²) >= 11 is 0. The highest BCUT2D eigenvalue weighted by atomic mass is 19.4. The van der Waals surface area contributed by atoms with Crippen molar-refractivity contribution >= 4 is 0 Å². The molecule has 0 saturated heterocycles. The van der Waals surface area contributed by atoms with E-state index in [1.165, 1.54) is 12.4 Å². The van der Waals surface area contributed by atoms with Gasteiger partial charge < -0.3 is 5.32 Å². The Hall–Kier alpha value is -1.88. The highest BCUT2D eigenvalue weighted by molar-refractivity contribution is 5.71. The third kappa shape index (κ3) is 2.99. The second-order valence-electron chi connectivity index (χ2n) is 4.61. The third-order valence-electron chi connectivity index (χ3n) is 3.05. The first-order chi connectivity index (χ1) is 9.43. The first kappa shape index (κ1) is 14.5. The minimum atomic E-state index is -4.39. The minimum absolute atomic E-state index is 0.119. The molecule has 1 aromatic carbocycles. The molecule has 106 valence electrons. The molecule has 2 aromatic rings. The van der Waals surface area contributed by atoms with E-state index < -0.39 is 11.7 Å². The molecule has 2 rings (SSSR count). The minimum Gasteiger partial charge on any atom is -0.316 e. The van der Waals surface area contributed by atoms with Crippen LogP contribution in [0.15, 0.2) is 36.7 Å². The van der Waals surface area contributed by atoms with Crippen molar-refractivity contribution in [2.24, 2.45) is 0 Å². The number of nitrogens with one attached hydrogen (secondary N) is 1. The topological polar surface area (TPSA) is 24.9 Å². The predicted octanol–water partition coefficient (Wildman–Crippen LogP) is 3.80. The van der Waals surface area contributed by atoms with Crippen molar-refractivity contribution in [2.45, 2.75) is 19.6 Å². The van der Waals surface area contributed by atoms with Crippen molar-refractivity contribution in [2.75, 3.05) is 7.05 Å². The van der Waals surface area contributed by atoms with E-state index in [1.54, 1.807) is 13.1 Å². The molecular formula is C15H15F3N2. The van der Waals surface area contributed by atoms with Gasteiger partial charge in [-0.2, -0.15) is 13.2 Å². The van der Waals surface area contributed by atoms with Gasteiger partial charge in [0.1, 0.15) is 0 Å². The van der Waals surface area contributed by atoms with Gasteiger partial charge in [0.05, 0.1) is 5.56 Å². The molecule has 5 heteroatoms. The molecule has 1 aromatic heterocycles. The van der Waals surface area contributed by atoms with Gasteiger partial charge in [0.15, 0.2) is 0 Å². The van der Waals surface area contributed by atoms with Crippen LogP contribution in [0.2, 0.25) is 0 Å². The number of halogens is 3. The van der Waals surface area contributed by atoms with Gasteiger partial charge in [-0.05, 0) is 31.2 Å². The first-order valence-electron chi connectivity index (χ1n) is 6.19. The molecule has 0 amide bonds. The number of nitrogens with zero attached hydrogens (tertiary/aromatic N) is 1. The van der Waals surface area contributed by atoms with Gasteiger partial charge in [0, 0.05) is 24.5 Å². The smallest absolute Gasteiger partial charge is 0.316 e. The molecule has 0 fully saturated rings. The summed E-state index contributed by atoms with van der Waals surface area (Å²) < 4.78 is 39.3. The summed E-state index contributed by atoms with van der Waals surface area (Å²) in [4.78, 5) is 3.85. The maximum absolute atomic E-state index is 13.1. The van der Waals surface area contributed by atoms with E-state index in [-0.39, 0.29) is 5.56 Å². The van der Waals surface area contributed by atoms with Crippen LogP contribution in [-0.2, 0) is 12.7 Å². The Balaban J connectivity index is 2.65. The van der Waals surface area contributed by atoms with Crippen LogP contribution >= 0.6 is 0 Å². The van der Waals surface area contributed by atoms with Gasteiger partial charge in [-0.25, -0.2) is 0 Å². The number of aromatic nitrogens is 1. The lowest BCUT2D eigenvalue weighted by Gasteiger charge is -2.16. The van der Waals surface area contributed by atoms with Crippen LogP contribution in [0.1, 0.15) is 16.7 Å². The molecular weight excluding hydrogens is 265 g/mol. The van der Waals surface area contributed by atoms with E-state index in [1.807, 2.05) is 19.1 Å². The van der Waals surface area contributed by atoms with Crippen molar-refractivity contribution < 1.29 is 13.2 Å². The van der Waals surface area contributed by atoms with Crippen molar-refractivity contribution in [3.63, 3.8) is 0 Å². The second-order valence-corrected chi connectivity index (χ2v) is 4.61. The molecule has 2 nitrogen and oxygen atoms in total. The van der Waals surface area contributed by atoms with Crippen LogP contribution in [0.5, 0.6) is 0 Å². The average Bonchev–Trinajstić information content (AvgIpc) is 2.40. The van der Waals surface area contributed by atoms with Crippen LogP contribution in [0.4, 0.5) is 13.2 Å². The third-order valence-corrected chi connectivity index (χ3v) is 3.05. The normalized spacial score (nSPS) is 11.7. The molecule has 0 aliphatic carbocycles. The quantitative estimate of drug-likeness (QED) is 0.925. The molecule has 0 saturated carbocycles. The number of rotatable bonds is 3. The van der Waals surface area contributed by atoms with Crippen molar-refractivity contribution in [3.05, 3.63) is 53.3 Å². The van der Waals surface area contributed by atoms with Crippen LogP contribution in [0.25, 0.3) is 11.1 Å². The van der Waals surface area contributed by atoms with Crippen molar-refractivity contribution in [1.82, 2.24) is 10.3 Å². The second kappa shape index (κ2) is 5.63. The zero-order chi connectivity index (χ0) is 14.8. The summed E-state index contributed by atoms with van der Waals surface area (Å²) in [5, 5.41) is 2.97. The Morgan fingerprint density at radius 3 is 2.55 bits per heavy atom. The highest BCUT2D eigenvalue weighted by Crippen LogP contribution is 2.37. The Labute approximate surface area is 115 Å². The van der Waals surface area contributed by atoms with E-state index in [4.69, 9.17) is 0 Å². The van der Waals surface area contributed by atoms with Gasteiger partial charge in [-0.15, -0.1) is 0 Å². The van der Waals surface area contributed by atoms with Crippen LogP contribution < -0.4 is 5.32 Å². The fraction of sp³-hybridized carbons (Fsp3) is 0.267. The zero-order valence-electron chi connectivity index (χ0n) is 11.3. The maximum atomic E-state index is 13.1. The largest absolute Gasteiger partial charge is 0.417 e. The lowest BCUT2D eigenvalue weighted by molar-refractivity contribution is -0.137. The first-order valence-corrected chi connectivity index (χ1v) is 6.19. The molecule has 0 aliphatic heterocycles. The summed E-state index contributed by atoms with van der Waals surface area (Å²) in [7, 11) is 1.76. The highest BCUT2D eigenvalue weighted by Gasteiger charge is 2.34. The van der Waals surface area contributed by atoms with E-state index in [9.17, 15) is 13.2 Å². The van der Waals surface area contributed by atoms with Crippen LogP contribution in [0, 0.1) is 6.92 Å². The lowest BCUT2D eigenvalue weighted by atomic mass is 9.95. The van der Waals surface area contributed by atoms with E-state index >= 15 is 0 Å². The summed E-state index contributed by atoms with van der Waals surface area (Å²) in [6.07, 6.45) is -1.95. The van der Waals surface area contributed by atoms with Crippen molar-refractivity contribution in [1.29, 1.82) is 0 Å². The van der Waals surface area contributed by atoms with E-state index in [0.717, 1.165) is 17.2 Å². The number of alkyl halides is 3. The average molecular weight is 280 g/mol. The van der Waals surface area contributed by atoms with E-state index in [0.29, 0.717) is 12.1 Å². The van der Waals surface area contributed by atoms with Gasteiger partial charge in [-0.1, -0.05) is 23.8 Å². The summed E-state index contributed by atoms with van der Waals surface area (Å²) in [6.45, 7) is 2.36. The van der Waals surface area contributed by atoms with Crippen LogP contribution in [-0.4, -0.2) is 12.0 Å². The van der Waals surface area contributed by atoms with Crippen molar-refractivity contribution in [3.8, 4) is 11.1 Å². The van der Waals surface area contributed by atoms with Crippen LogP contribution in [0.3, 0.4) is 0 Å². The molecule has 0 radical (unpaired) electrons. The Kier molecular flexibility index (Phi) is 4.09. The molecule has 20 heavy (non-hydrogen) atoms. The molecule has 0 unspecified atom stereocenters. The predicted molar refractivity (Wildman–Crippen MR) is 72.2 cm³/mol. The Morgan fingerprint density at radius 2 is 1.90 bits per heavy atom. The fourth-order valence-corrected chi connectivity index (χ4v) is 2.14. The Bertz CT molecular complexity index is 606. The summed E-state index contributed by atoms with van der Waals surface area (Å²) in [5.41, 5.74) is 1.76. The lowest BCUT2D eigenvalue weighted by Crippen LogP contribution is -2.10. The van der Waals surface area contributed by atoms with Gasteiger partial charge in [-0.3, -0.25) is 4.98 Å². The number of pyridine rings is 1. The number of hydrogen-bond acceptors (Lipinski definition) is 2. The number of benzene rings is 1. The maximum Gasteiger partial charge on any atom is 0.417 e. The van der Waals surface area contributed by atoms with E-state index in [2.05, 4.69) is 10.3 Å². The molecule has 0 aliphatic rings. The standard InChI is InChI=1S/C15H15F3N2/c1-10-3-4-11(8-19-2)12(7-10)13-9-20-6-5-14(13)15(16,17)18/h3-7,9,19H,8H2,1-2H3. The van der Waals surface area contributed by atoms with Gasteiger partial charge >= 0.3 is 6.18 Å². The van der Waals surface area contributed by atoms with Gasteiger partial charge in [0.25, 0.3) is 0 Å². The molecule has 0 spiro atoms. The number of hydrogen-bond donors (Lipinski definition) is 1. The molecule has 0 atom stereocenters. The van der Waals surface area contributed by atoms with Gasteiger partial charge in [0.2, 0.25) is 0 Å². The number of aryl methyl sites for hydroxylation is 1. The molecule has 0 bridgehead atoms. The summed E-state index contributed by atoms with van der Waals surface area (Å²) in [6, 6.07) is 6.51. The summed E-state index contributed by atoms with van der Waals surface area (Å²) in [5.74, 6) is 0. The monoisotopic (exact) mass is 280 g/mol. The zero-order valence-corrected chi connectivity index (χ0v) is 11.3. The fourth-order valence-electron chi connectivity index (χ4n) is 2.14. The SMILES string of the molecule is CNCc1ccc(C)cc1-c1cnccc1C(F)(F)F. The molecule has 1 N–H and O–H groups in total.